The van der Waals surface area contributed by atoms with Gasteiger partial charge in [-0.15, -0.1) is 0 Å². The number of rotatable bonds is 2. The molecule has 2 aromatic rings. The lowest BCUT2D eigenvalue weighted by Gasteiger charge is -2.01. The molecule has 1 atom stereocenters. The Labute approximate surface area is 110 Å². The van der Waals surface area contributed by atoms with Crippen LogP contribution in [0.1, 0.15) is 18.9 Å². The molecule has 84 valence electrons. The summed E-state index contributed by atoms with van der Waals surface area (Å²) >= 11 is 6.88. The highest BCUT2D eigenvalue weighted by Gasteiger charge is 2.11. The maximum absolute atomic E-state index is 5.69. The van der Waals surface area contributed by atoms with Crippen LogP contribution in [0.25, 0.3) is 11.3 Å². The van der Waals surface area contributed by atoms with Gasteiger partial charge in [-0.25, -0.2) is 4.98 Å². The minimum Gasteiger partial charge on any atom is -0.439 e. The average molecular weight is 346 g/mol. The number of oxazole rings is 1. The molecule has 2 N–H and O–H groups in total. The molecule has 16 heavy (non-hydrogen) atoms. The fraction of sp³-hybridized carbons (Fsp3) is 0.182. The molecule has 0 bridgehead atoms. The molecule has 3 nitrogen and oxygen atoms in total. The van der Waals surface area contributed by atoms with Gasteiger partial charge in [0.15, 0.2) is 5.76 Å². The Morgan fingerprint density at radius 3 is 2.69 bits per heavy atom. The maximum atomic E-state index is 5.69. The zero-order chi connectivity index (χ0) is 11.7. The second-order valence-corrected chi connectivity index (χ2v) is 5.25. The molecule has 2 rings (SSSR count). The van der Waals surface area contributed by atoms with Gasteiger partial charge in [0.25, 0.3) is 0 Å². The summed E-state index contributed by atoms with van der Waals surface area (Å²) in [6.45, 7) is 1.84. The molecule has 0 aliphatic carbocycles. The smallest absolute Gasteiger partial charge is 0.211 e. The van der Waals surface area contributed by atoms with Gasteiger partial charge in [0.05, 0.1) is 12.2 Å². The van der Waals surface area contributed by atoms with Crippen molar-refractivity contribution in [2.45, 2.75) is 13.0 Å². The van der Waals surface area contributed by atoms with Crippen LogP contribution in [0.4, 0.5) is 0 Å². The highest BCUT2D eigenvalue weighted by molar-refractivity contribution is 9.11. The van der Waals surface area contributed by atoms with Crippen LogP contribution in [0.15, 0.2) is 37.8 Å². The third-order valence-electron chi connectivity index (χ3n) is 2.11. The molecule has 0 spiro atoms. The Kier molecular flexibility index (Phi) is 3.47. The third-order valence-corrected chi connectivity index (χ3v) is 3.26. The SMILES string of the molecule is CC(N)c1ncc(-c2ccc(Br)cc2Br)o1. The molecule has 0 saturated carbocycles. The predicted molar refractivity (Wildman–Crippen MR) is 69.9 cm³/mol. The molecular formula is C11H10Br2N2O. The lowest BCUT2D eigenvalue weighted by Crippen LogP contribution is -2.04. The Morgan fingerprint density at radius 1 is 1.38 bits per heavy atom. The molecule has 0 fully saturated rings. The van der Waals surface area contributed by atoms with Crippen molar-refractivity contribution in [2.24, 2.45) is 5.73 Å². The van der Waals surface area contributed by atoms with Crippen LogP contribution >= 0.6 is 31.9 Å². The Morgan fingerprint density at radius 2 is 2.12 bits per heavy atom. The van der Waals surface area contributed by atoms with Crippen molar-refractivity contribution in [3.8, 4) is 11.3 Å². The van der Waals surface area contributed by atoms with Crippen molar-refractivity contribution < 1.29 is 4.42 Å². The van der Waals surface area contributed by atoms with Crippen LogP contribution in [-0.2, 0) is 0 Å². The van der Waals surface area contributed by atoms with E-state index in [-0.39, 0.29) is 6.04 Å². The van der Waals surface area contributed by atoms with Gasteiger partial charge in [0.1, 0.15) is 0 Å². The van der Waals surface area contributed by atoms with Crippen molar-refractivity contribution in [2.75, 3.05) is 0 Å². The van der Waals surface area contributed by atoms with Gasteiger partial charge < -0.3 is 10.2 Å². The second-order valence-electron chi connectivity index (χ2n) is 3.48. The van der Waals surface area contributed by atoms with Gasteiger partial charge in [-0.1, -0.05) is 15.9 Å². The standard InChI is InChI=1S/C11H10Br2N2O/c1-6(14)11-15-5-10(16-11)8-3-2-7(12)4-9(8)13/h2-6H,14H2,1H3. The van der Waals surface area contributed by atoms with Crippen molar-refractivity contribution in [1.82, 2.24) is 4.98 Å². The van der Waals surface area contributed by atoms with Gasteiger partial charge in [-0.2, -0.15) is 0 Å². The summed E-state index contributed by atoms with van der Waals surface area (Å²) in [7, 11) is 0. The topological polar surface area (TPSA) is 52.0 Å². The van der Waals surface area contributed by atoms with Crippen LogP contribution in [0.2, 0.25) is 0 Å². The fourth-order valence-electron chi connectivity index (χ4n) is 1.31. The summed E-state index contributed by atoms with van der Waals surface area (Å²) in [5.74, 6) is 1.26. The molecule has 0 aliphatic rings. The lowest BCUT2D eigenvalue weighted by molar-refractivity contribution is 0.473. The zero-order valence-corrected chi connectivity index (χ0v) is 11.7. The maximum Gasteiger partial charge on any atom is 0.211 e. The quantitative estimate of drug-likeness (QED) is 0.898. The molecule has 5 heteroatoms. The van der Waals surface area contributed by atoms with Gasteiger partial charge >= 0.3 is 0 Å². The highest BCUT2D eigenvalue weighted by atomic mass is 79.9. The summed E-state index contributed by atoms with van der Waals surface area (Å²) in [6, 6.07) is 5.68. The minimum atomic E-state index is -0.192. The number of nitrogens with zero attached hydrogens (tertiary/aromatic N) is 1. The molecular weight excluding hydrogens is 336 g/mol. The van der Waals surface area contributed by atoms with E-state index in [4.69, 9.17) is 10.2 Å². The van der Waals surface area contributed by atoms with E-state index in [0.717, 1.165) is 14.5 Å². The molecule has 0 amide bonds. The Balaban J connectivity index is 2.42. The van der Waals surface area contributed by atoms with Gasteiger partial charge in [-0.05, 0) is 41.1 Å². The second kappa shape index (κ2) is 4.69. The first-order valence-corrected chi connectivity index (χ1v) is 6.33. The predicted octanol–water partition coefficient (Wildman–Crippen LogP) is 3.89. The first-order valence-electron chi connectivity index (χ1n) is 4.74. The van der Waals surface area contributed by atoms with Gasteiger partial charge in [0, 0.05) is 14.5 Å². The Bertz CT molecular complexity index is 508. The number of nitrogens with two attached hydrogens (primary N) is 1. The summed E-state index contributed by atoms with van der Waals surface area (Å²) in [4.78, 5) is 4.13. The fourth-order valence-corrected chi connectivity index (χ4v) is 2.55. The van der Waals surface area contributed by atoms with E-state index in [1.54, 1.807) is 6.20 Å². The van der Waals surface area contributed by atoms with Crippen molar-refractivity contribution in [1.29, 1.82) is 0 Å². The Hall–Kier alpha value is -0.650. The number of halogens is 2. The molecule has 0 saturated heterocycles. The highest BCUT2D eigenvalue weighted by Crippen LogP contribution is 2.31. The van der Waals surface area contributed by atoms with Crippen LogP contribution in [0.5, 0.6) is 0 Å². The minimum absolute atomic E-state index is 0.192. The van der Waals surface area contributed by atoms with E-state index in [9.17, 15) is 0 Å². The van der Waals surface area contributed by atoms with Gasteiger partial charge in [0.2, 0.25) is 5.89 Å². The summed E-state index contributed by atoms with van der Waals surface area (Å²) < 4.78 is 7.53. The first-order chi connectivity index (χ1) is 7.58. The largest absolute Gasteiger partial charge is 0.439 e. The first kappa shape index (κ1) is 11.8. The van der Waals surface area contributed by atoms with Crippen molar-refractivity contribution in [3.63, 3.8) is 0 Å². The summed E-state index contributed by atoms with van der Waals surface area (Å²) in [5.41, 5.74) is 6.65. The van der Waals surface area contributed by atoms with Crippen LogP contribution in [-0.4, -0.2) is 4.98 Å². The van der Waals surface area contributed by atoms with Crippen LogP contribution < -0.4 is 5.73 Å². The summed E-state index contributed by atoms with van der Waals surface area (Å²) in [5, 5.41) is 0. The van der Waals surface area contributed by atoms with E-state index >= 15 is 0 Å². The average Bonchev–Trinajstić information content (AvgIpc) is 2.66. The molecule has 0 radical (unpaired) electrons. The van der Waals surface area contributed by atoms with Crippen LogP contribution in [0, 0.1) is 0 Å². The molecule has 0 aliphatic heterocycles. The van der Waals surface area contributed by atoms with E-state index < -0.39 is 0 Å². The number of benzene rings is 1. The van der Waals surface area contributed by atoms with Crippen molar-refractivity contribution in [3.05, 3.63) is 39.2 Å². The molecule has 1 aromatic carbocycles. The lowest BCUT2D eigenvalue weighted by atomic mass is 10.2. The summed E-state index contributed by atoms with van der Waals surface area (Å²) in [6.07, 6.45) is 1.69. The normalized spacial score (nSPS) is 12.8. The third kappa shape index (κ3) is 2.36. The number of aromatic nitrogens is 1. The molecule has 1 unspecified atom stereocenters. The monoisotopic (exact) mass is 344 g/mol. The number of hydrogen-bond donors (Lipinski definition) is 1. The van der Waals surface area contributed by atoms with Crippen LogP contribution in [0.3, 0.4) is 0 Å². The van der Waals surface area contributed by atoms with E-state index in [0.29, 0.717) is 11.7 Å². The van der Waals surface area contributed by atoms with E-state index in [1.807, 2.05) is 25.1 Å². The molecule has 1 heterocycles. The molecule has 1 aromatic heterocycles. The van der Waals surface area contributed by atoms with E-state index in [2.05, 4.69) is 36.8 Å². The number of hydrogen-bond acceptors (Lipinski definition) is 3. The van der Waals surface area contributed by atoms with Crippen molar-refractivity contribution >= 4 is 31.9 Å². The van der Waals surface area contributed by atoms with Gasteiger partial charge in [-0.3, -0.25) is 0 Å². The zero-order valence-electron chi connectivity index (χ0n) is 8.58. The van der Waals surface area contributed by atoms with E-state index in [1.165, 1.54) is 0 Å².